The Hall–Kier alpha value is -4.34. The minimum absolute atomic E-state index is 1.01. The van der Waals surface area contributed by atoms with Gasteiger partial charge in [0.25, 0.3) is 0 Å². The Balaban J connectivity index is 1.39. The van der Waals surface area contributed by atoms with Crippen molar-refractivity contribution in [1.82, 2.24) is 4.98 Å². The highest BCUT2D eigenvalue weighted by atomic mass is 32.2. The van der Waals surface area contributed by atoms with Gasteiger partial charge in [-0.2, -0.15) is 0 Å². The van der Waals surface area contributed by atoms with Crippen LogP contribution in [0.5, 0.6) is 0 Å². The van der Waals surface area contributed by atoms with Gasteiger partial charge in [-0.25, -0.2) is 0 Å². The maximum Gasteiger partial charge on any atom is 0.0781 e. The molecule has 7 rings (SSSR count). The molecule has 1 aliphatic rings. The smallest absolute Gasteiger partial charge is 0.0781 e. The Morgan fingerprint density at radius 3 is 2.25 bits per heavy atom. The fourth-order valence-electron chi connectivity index (χ4n) is 4.99. The van der Waals surface area contributed by atoms with Gasteiger partial charge in [-0.05, 0) is 59.0 Å². The van der Waals surface area contributed by atoms with E-state index in [4.69, 9.17) is 4.98 Å². The maximum atomic E-state index is 4.77. The second kappa shape index (κ2) is 8.71. The Morgan fingerprint density at radius 1 is 0.528 bits per heavy atom. The Morgan fingerprint density at radius 2 is 1.31 bits per heavy atom. The van der Waals surface area contributed by atoms with Crippen LogP contribution in [-0.4, -0.2) is 4.98 Å². The van der Waals surface area contributed by atoms with Gasteiger partial charge in [-0.1, -0.05) is 96.7 Å². The third-order valence-electron chi connectivity index (χ3n) is 6.69. The van der Waals surface area contributed by atoms with E-state index in [1.807, 2.05) is 18.0 Å². The molecule has 0 unspecified atom stereocenters. The van der Waals surface area contributed by atoms with E-state index in [0.717, 1.165) is 16.9 Å². The number of anilines is 3. The minimum atomic E-state index is 1.01. The molecule has 5 aromatic carbocycles. The average Bonchev–Trinajstić information content (AvgIpc) is 2.96. The molecule has 0 saturated heterocycles. The predicted octanol–water partition coefficient (Wildman–Crippen LogP) is 9.50. The first kappa shape index (κ1) is 21.0. The second-order valence-corrected chi connectivity index (χ2v) is 9.97. The summed E-state index contributed by atoms with van der Waals surface area (Å²) >= 11 is 1.84. The van der Waals surface area contributed by atoms with Gasteiger partial charge in [0, 0.05) is 32.6 Å². The first-order valence-corrected chi connectivity index (χ1v) is 12.9. The van der Waals surface area contributed by atoms with Crippen LogP contribution in [0.3, 0.4) is 0 Å². The van der Waals surface area contributed by atoms with Crippen LogP contribution >= 0.6 is 11.8 Å². The number of benzene rings is 5. The van der Waals surface area contributed by atoms with Crippen LogP contribution in [0.1, 0.15) is 0 Å². The minimum Gasteiger partial charge on any atom is -0.308 e. The van der Waals surface area contributed by atoms with Crippen LogP contribution in [0.25, 0.3) is 33.2 Å². The topological polar surface area (TPSA) is 16.1 Å². The van der Waals surface area contributed by atoms with Gasteiger partial charge in [0.15, 0.2) is 0 Å². The molecule has 2 nitrogen and oxygen atoms in total. The highest BCUT2D eigenvalue weighted by Crippen LogP contribution is 2.52. The molecular weight excluding hydrogens is 456 g/mol. The summed E-state index contributed by atoms with van der Waals surface area (Å²) in [6.45, 7) is 0. The summed E-state index contributed by atoms with van der Waals surface area (Å²) in [7, 11) is 0. The van der Waals surface area contributed by atoms with Gasteiger partial charge >= 0.3 is 0 Å². The van der Waals surface area contributed by atoms with Gasteiger partial charge in [0.1, 0.15) is 0 Å². The molecule has 1 aromatic heterocycles. The highest BCUT2D eigenvalue weighted by molar-refractivity contribution is 7.99. The van der Waals surface area contributed by atoms with Gasteiger partial charge in [0.05, 0.1) is 17.1 Å². The Labute approximate surface area is 214 Å². The SMILES string of the molecule is c1ccc(-c2ccc3c(c2)Sc2ccccc2N3c2cccc(-c3nccc4ccccc34)c2)cc1. The van der Waals surface area contributed by atoms with Crippen molar-refractivity contribution in [2.75, 3.05) is 4.90 Å². The van der Waals surface area contributed by atoms with Gasteiger partial charge in [-0.15, -0.1) is 0 Å². The lowest BCUT2D eigenvalue weighted by molar-refractivity contribution is 1.17. The molecule has 6 aromatic rings. The zero-order chi connectivity index (χ0) is 23.9. The standard InChI is InChI=1S/C33H22N2S/c1-2-9-23(10-3-1)25-17-18-30-32(22-25)36-31-16-7-6-15-29(31)35(30)27-13-8-12-26(21-27)33-28-14-5-4-11-24(28)19-20-34-33/h1-22H. The van der Waals surface area contributed by atoms with Crippen LogP contribution in [-0.2, 0) is 0 Å². The summed E-state index contributed by atoms with van der Waals surface area (Å²) in [6.07, 6.45) is 1.90. The zero-order valence-corrected chi connectivity index (χ0v) is 20.3. The van der Waals surface area contributed by atoms with E-state index >= 15 is 0 Å². The van der Waals surface area contributed by atoms with Crippen molar-refractivity contribution in [2.45, 2.75) is 9.79 Å². The summed E-state index contributed by atoms with van der Waals surface area (Å²) in [6, 6.07) is 45.3. The fourth-order valence-corrected chi connectivity index (χ4v) is 6.08. The molecule has 0 saturated carbocycles. The third kappa shape index (κ3) is 3.57. The van der Waals surface area contributed by atoms with Crippen molar-refractivity contribution in [3.8, 4) is 22.4 Å². The number of para-hydroxylation sites is 1. The molecule has 0 atom stereocenters. The quantitative estimate of drug-likeness (QED) is 0.251. The molecule has 0 aliphatic carbocycles. The predicted molar refractivity (Wildman–Crippen MR) is 151 cm³/mol. The first-order chi connectivity index (χ1) is 17.8. The van der Waals surface area contributed by atoms with Crippen molar-refractivity contribution < 1.29 is 0 Å². The van der Waals surface area contributed by atoms with E-state index in [0.29, 0.717) is 0 Å². The molecule has 0 amide bonds. The van der Waals surface area contributed by atoms with Crippen LogP contribution in [0.4, 0.5) is 17.1 Å². The summed E-state index contributed by atoms with van der Waals surface area (Å²) in [4.78, 5) is 9.66. The van der Waals surface area contributed by atoms with Crippen LogP contribution in [0.2, 0.25) is 0 Å². The number of rotatable bonds is 3. The highest BCUT2D eigenvalue weighted by Gasteiger charge is 2.25. The van der Waals surface area contributed by atoms with E-state index in [1.165, 1.54) is 43.1 Å². The van der Waals surface area contributed by atoms with E-state index in [1.54, 1.807) is 0 Å². The van der Waals surface area contributed by atoms with Crippen molar-refractivity contribution in [1.29, 1.82) is 0 Å². The summed E-state index contributed by atoms with van der Waals surface area (Å²) < 4.78 is 0. The maximum absolute atomic E-state index is 4.77. The van der Waals surface area contributed by atoms with Crippen LogP contribution < -0.4 is 4.90 Å². The number of hydrogen-bond acceptors (Lipinski definition) is 3. The van der Waals surface area contributed by atoms with E-state index < -0.39 is 0 Å². The molecule has 0 spiro atoms. The number of fused-ring (bicyclic) bond motifs is 3. The third-order valence-corrected chi connectivity index (χ3v) is 7.80. The number of nitrogens with zero attached hydrogens (tertiary/aromatic N) is 2. The lowest BCUT2D eigenvalue weighted by Gasteiger charge is -2.33. The second-order valence-electron chi connectivity index (χ2n) is 8.88. The van der Waals surface area contributed by atoms with E-state index in [-0.39, 0.29) is 0 Å². The van der Waals surface area contributed by atoms with Gasteiger partial charge < -0.3 is 4.90 Å². The average molecular weight is 479 g/mol. The van der Waals surface area contributed by atoms with Crippen LogP contribution in [0, 0.1) is 0 Å². The monoisotopic (exact) mass is 478 g/mol. The van der Waals surface area contributed by atoms with Gasteiger partial charge in [0.2, 0.25) is 0 Å². The summed E-state index contributed by atoms with van der Waals surface area (Å²) in [5, 5.41) is 2.37. The van der Waals surface area contributed by atoms with E-state index in [9.17, 15) is 0 Å². The normalized spacial score (nSPS) is 12.3. The molecule has 0 radical (unpaired) electrons. The van der Waals surface area contributed by atoms with Crippen molar-refractivity contribution in [3.63, 3.8) is 0 Å². The van der Waals surface area contributed by atoms with Gasteiger partial charge in [-0.3, -0.25) is 4.98 Å². The number of hydrogen-bond donors (Lipinski definition) is 0. The van der Waals surface area contributed by atoms with Crippen molar-refractivity contribution >= 4 is 39.6 Å². The molecule has 0 fully saturated rings. The largest absolute Gasteiger partial charge is 0.308 e. The zero-order valence-electron chi connectivity index (χ0n) is 19.5. The summed E-state index contributed by atoms with van der Waals surface area (Å²) in [5.74, 6) is 0. The molecule has 1 aliphatic heterocycles. The van der Waals surface area contributed by atoms with Crippen molar-refractivity contribution in [2.24, 2.45) is 0 Å². The molecular formula is C33H22N2S. The molecule has 36 heavy (non-hydrogen) atoms. The Kier molecular flexibility index (Phi) is 5.07. The lowest BCUT2D eigenvalue weighted by atomic mass is 10.0. The molecule has 2 heterocycles. The van der Waals surface area contributed by atoms with Crippen molar-refractivity contribution in [3.05, 3.63) is 134 Å². The molecule has 0 bridgehead atoms. The van der Waals surface area contributed by atoms with E-state index in [2.05, 4.69) is 132 Å². The fraction of sp³-hybridized carbons (Fsp3) is 0. The first-order valence-electron chi connectivity index (χ1n) is 12.1. The number of pyridine rings is 1. The molecule has 3 heteroatoms. The molecule has 170 valence electrons. The van der Waals surface area contributed by atoms with Crippen LogP contribution in [0.15, 0.2) is 143 Å². The molecule has 0 N–H and O–H groups in total. The summed E-state index contributed by atoms with van der Waals surface area (Å²) in [5.41, 5.74) is 8.11. The Bertz CT molecular complexity index is 1720. The lowest BCUT2D eigenvalue weighted by Crippen LogP contribution is -2.14. The number of aromatic nitrogens is 1.